The maximum Gasteiger partial charge on any atom is 0.407 e. The Morgan fingerprint density at radius 3 is 1.88 bits per heavy atom. The largest absolute Gasteiger partial charge is 0.464 e. The Hall–Kier alpha value is -6.35. The van der Waals surface area contributed by atoms with E-state index < -0.39 is 72.6 Å². The number of alkyl carbamates (subject to hydrolysis) is 1. The van der Waals surface area contributed by atoms with Crippen LogP contribution in [-0.2, 0) is 43.0 Å². The lowest BCUT2D eigenvalue weighted by Crippen LogP contribution is -2.52. The molecule has 0 bridgehead atoms. The number of unbranched alkanes of at least 4 members (excludes halogenated alkanes) is 5. The third kappa shape index (κ3) is 16.1. The molecule has 322 valence electrons. The summed E-state index contributed by atoms with van der Waals surface area (Å²) >= 11 is 0. The summed E-state index contributed by atoms with van der Waals surface area (Å²) in [6, 6.07) is 11.2. The van der Waals surface area contributed by atoms with E-state index in [-0.39, 0.29) is 57.8 Å². The highest BCUT2D eigenvalue weighted by atomic mass is 16.6. The molecular formula is C42H54N7O11+. The van der Waals surface area contributed by atoms with Gasteiger partial charge < -0.3 is 40.8 Å². The molecule has 3 atom stereocenters. The van der Waals surface area contributed by atoms with Gasteiger partial charge >= 0.3 is 30.5 Å². The van der Waals surface area contributed by atoms with Gasteiger partial charge in [0.1, 0.15) is 31.3 Å². The number of carbonyl (C=O) groups excluding carboxylic acids is 7. The highest BCUT2D eigenvalue weighted by molar-refractivity contribution is 6.25. The van der Waals surface area contributed by atoms with Crippen molar-refractivity contribution in [3.05, 3.63) is 65.2 Å². The molecular weight excluding hydrogens is 778 g/mol. The van der Waals surface area contributed by atoms with Crippen molar-refractivity contribution in [2.75, 3.05) is 26.4 Å². The third-order valence-electron chi connectivity index (χ3n) is 9.68. The zero-order valence-corrected chi connectivity index (χ0v) is 33.8. The Morgan fingerprint density at radius 2 is 1.27 bits per heavy atom. The molecule has 5 N–H and O–H groups in total. The van der Waals surface area contributed by atoms with Crippen molar-refractivity contribution in [1.29, 1.82) is 5.53 Å². The Labute approximate surface area is 348 Å². The molecule has 0 aliphatic heterocycles. The van der Waals surface area contributed by atoms with Gasteiger partial charge in [0.2, 0.25) is 23.4 Å². The molecule has 1 aliphatic carbocycles. The summed E-state index contributed by atoms with van der Waals surface area (Å²) in [6.45, 7) is 1.22. The maximum atomic E-state index is 13.6. The van der Waals surface area contributed by atoms with E-state index in [9.17, 15) is 38.7 Å². The number of rotatable bonds is 28. The summed E-state index contributed by atoms with van der Waals surface area (Å²) in [6.07, 6.45) is 4.03. The Kier molecular flexibility index (Phi) is 21.3. The number of aliphatic hydroxyl groups is 1. The van der Waals surface area contributed by atoms with Gasteiger partial charge in [0.05, 0.1) is 23.5 Å². The number of fused-ring (bicyclic) bond motifs is 3. The minimum absolute atomic E-state index is 0.0607. The van der Waals surface area contributed by atoms with Crippen LogP contribution >= 0.6 is 0 Å². The number of carbonyl (C=O) groups is 7. The molecule has 18 nitrogen and oxygen atoms in total. The van der Waals surface area contributed by atoms with E-state index in [1.54, 1.807) is 0 Å². The van der Waals surface area contributed by atoms with Gasteiger partial charge in [-0.25, -0.2) is 14.4 Å². The van der Waals surface area contributed by atoms with Gasteiger partial charge in [-0.1, -0.05) is 87.6 Å². The van der Waals surface area contributed by atoms with Crippen LogP contribution < -0.4 is 16.0 Å². The van der Waals surface area contributed by atoms with Crippen LogP contribution in [0.3, 0.4) is 0 Å². The lowest BCUT2D eigenvalue weighted by atomic mass is 9.98. The summed E-state index contributed by atoms with van der Waals surface area (Å²) in [5.74, 6) is -5.02. The smallest absolute Gasteiger partial charge is 0.407 e. The van der Waals surface area contributed by atoms with Crippen molar-refractivity contribution >= 4 is 53.8 Å². The van der Waals surface area contributed by atoms with Gasteiger partial charge in [0.15, 0.2) is 0 Å². The standard InChI is InChI=1S/C42H53N7O11/c1-2-3-4-5-6-11-23-58-40(55)36(19-17-29(52)26-46-44)48-39(54)35(18-16-28(51)25-45-43)47-38(53)21-20-37(41(56)59-24-22-50)49-42(57)60-27-34-32-14-9-7-12-30(32)31-13-8-10-15-33(31)34/h7-10,12-15,25-26,34-37,44,50H,2-6,11,16-24,27H2,1H3,(H2-,47,48,49,53,54,57)/p+1/t35-,36-,37-/m0/s1. The molecule has 0 aromatic heterocycles. The zero-order chi connectivity index (χ0) is 43.7. The number of amides is 3. The number of nitrogens with zero attached hydrogens (tertiary/aromatic N) is 3. The molecule has 2 aromatic rings. The molecule has 0 heterocycles. The minimum Gasteiger partial charge on any atom is -0.464 e. The molecule has 0 fully saturated rings. The Balaban J connectivity index is 1.68. The number of hydrogen-bond acceptors (Lipinski definition) is 12. The number of benzene rings is 2. The third-order valence-corrected chi connectivity index (χ3v) is 9.68. The van der Waals surface area contributed by atoms with Crippen LogP contribution in [-0.4, -0.2) is 113 Å². The molecule has 60 heavy (non-hydrogen) atoms. The second-order valence-corrected chi connectivity index (χ2v) is 14.1. The fourth-order valence-electron chi connectivity index (χ4n) is 6.60. The molecule has 3 amide bonds. The van der Waals surface area contributed by atoms with E-state index in [1.165, 1.54) is 0 Å². The number of aliphatic hydroxyl groups excluding tert-OH is 1. The molecule has 0 saturated heterocycles. The summed E-state index contributed by atoms with van der Waals surface area (Å²) in [5.41, 5.74) is 19.6. The summed E-state index contributed by atoms with van der Waals surface area (Å²) in [4.78, 5) is 96.0. The predicted octanol–water partition coefficient (Wildman–Crippen LogP) is 3.39. The van der Waals surface area contributed by atoms with E-state index in [0.717, 1.165) is 60.6 Å². The number of esters is 2. The number of hydrogen-bond donors (Lipinski definition) is 5. The fourth-order valence-corrected chi connectivity index (χ4v) is 6.60. The summed E-state index contributed by atoms with van der Waals surface area (Å²) in [7, 11) is 0. The number of nitrogens with one attached hydrogen (secondary N) is 4. The van der Waals surface area contributed by atoms with E-state index >= 15 is 0 Å². The normalized spacial score (nSPS) is 12.8. The van der Waals surface area contributed by atoms with E-state index in [4.69, 9.17) is 25.3 Å². The van der Waals surface area contributed by atoms with Crippen molar-refractivity contribution in [2.24, 2.45) is 0 Å². The molecule has 0 saturated carbocycles. The fraction of sp³-hybridized carbons (Fsp3) is 0.500. The maximum absolute atomic E-state index is 13.6. The van der Waals surface area contributed by atoms with E-state index in [1.807, 2.05) is 48.5 Å². The van der Waals surface area contributed by atoms with Gasteiger partial charge in [0.25, 0.3) is 0 Å². The number of ketones is 2. The van der Waals surface area contributed by atoms with Crippen LogP contribution in [0.5, 0.6) is 0 Å². The van der Waals surface area contributed by atoms with Crippen LogP contribution in [0, 0.1) is 5.53 Å². The predicted molar refractivity (Wildman–Crippen MR) is 215 cm³/mol. The zero-order valence-electron chi connectivity index (χ0n) is 33.8. The second kappa shape index (κ2) is 26.6. The van der Waals surface area contributed by atoms with Crippen molar-refractivity contribution in [1.82, 2.24) is 16.0 Å². The second-order valence-electron chi connectivity index (χ2n) is 14.1. The lowest BCUT2D eigenvalue weighted by Gasteiger charge is -2.23. The van der Waals surface area contributed by atoms with Gasteiger partial charge in [-0.05, 0) is 47.9 Å². The van der Waals surface area contributed by atoms with Crippen molar-refractivity contribution in [2.45, 2.75) is 108 Å². The van der Waals surface area contributed by atoms with Crippen LogP contribution in [0.2, 0.25) is 0 Å². The quantitative estimate of drug-likeness (QED) is 0.0207. The minimum atomic E-state index is -1.44. The van der Waals surface area contributed by atoms with E-state index in [2.05, 4.69) is 32.5 Å². The topological polar surface area (TPSA) is 278 Å². The van der Waals surface area contributed by atoms with Crippen LogP contribution in [0.4, 0.5) is 4.79 Å². The van der Waals surface area contributed by atoms with Crippen molar-refractivity contribution in [3.63, 3.8) is 0 Å². The van der Waals surface area contributed by atoms with E-state index in [0.29, 0.717) is 12.6 Å². The van der Waals surface area contributed by atoms with Crippen molar-refractivity contribution < 1.29 is 62.5 Å². The molecule has 0 radical (unpaired) electrons. The average molecular weight is 833 g/mol. The molecule has 1 aliphatic rings. The summed E-state index contributed by atoms with van der Waals surface area (Å²) < 4.78 is 16.0. The number of ether oxygens (including phenoxy) is 3. The van der Waals surface area contributed by atoms with Crippen molar-refractivity contribution in [3.8, 4) is 11.1 Å². The highest BCUT2D eigenvalue weighted by Crippen LogP contribution is 2.44. The molecule has 18 heteroatoms. The van der Waals surface area contributed by atoms with Crippen LogP contribution in [0.25, 0.3) is 16.7 Å². The first-order valence-corrected chi connectivity index (χ1v) is 20.1. The monoisotopic (exact) mass is 832 g/mol. The van der Waals surface area contributed by atoms with Crippen LogP contribution in [0.15, 0.2) is 48.5 Å². The lowest BCUT2D eigenvalue weighted by molar-refractivity contribution is -0.148. The Morgan fingerprint density at radius 1 is 0.717 bits per heavy atom. The van der Waals surface area contributed by atoms with Gasteiger partial charge in [0, 0.05) is 25.2 Å². The molecule has 3 rings (SSSR count). The van der Waals surface area contributed by atoms with Gasteiger partial charge in [-0.15, -0.1) is 0 Å². The first kappa shape index (κ1) is 48.0. The summed E-state index contributed by atoms with van der Waals surface area (Å²) in [5, 5.41) is 16.6. The molecule has 0 unspecified atom stereocenters. The van der Waals surface area contributed by atoms with Gasteiger partial charge in [-0.2, -0.15) is 4.79 Å². The Bertz CT molecular complexity index is 1860. The SMILES string of the molecule is CCCCCCCCOC(=O)[C@H](CCC(=O)C=[N+]=N)NC(=O)[C@H](CCC(=O)C=[N+]=[N-])NC(=O)CC[C@H](NC(=O)OCC1c2ccccc2-c2ccccc21)C(=O)OCCO. The first-order valence-electron chi connectivity index (χ1n) is 20.1. The van der Waals surface area contributed by atoms with Gasteiger partial charge in [-0.3, -0.25) is 19.2 Å². The molecule has 0 spiro atoms. The average Bonchev–Trinajstić information content (AvgIpc) is 3.56. The molecule has 2 aromatic carbocycles. The number of Topliss-reactive ketones (excluding diaryl/α,β-unsaturated/α-hetero) is 2. The van der Waals surface area contributed by atoms with Crippen LogP contribution in [0.1, 0.15) is 101 Å². The highest BCUT2D eigenvalue weighted by Gasteiger charge is 2.32. The first-order chi connectivity index (χ1) is 29.0.